The zero-order valence-electron chi connectivity index (χ0n) is 14.0. The highest BCUT2D eigenvalue weighted by Gasteiger charge is 2.29. The third kappa shape index (κ3) is 4.09. The first-order valence-corrected chi connectivity index (χ1v) is 8.22. The summed E-state index contributed by atoms with van der Waals surface area (Å²) in [6.07, 6.45) is 0.568. The van der Waals surface area contributed by atoms with Crippen LogP contribution in [0.25, 0.3) is 0 Å². The van der Waals surface area contributed by atoms with Gasteiger partial charge < -0.3 is 20.7 Å². The number of hydrogen-bond acceptors (Lipinski definition) is 3. The van der Waals surface area contributed by atoms with Crippen LogP contribution in [0, 0.1) is 0 Å². The second kappa shape index (κ2) is 7.70. The van der Waals surface area contributed by atoms with E-state index in [1.54, 1.807) is 7.11 Å². The third-order valence-electron chi connectivity index (χ3n) is 4.24. The van der Waals surface area contributed by atoms with Crippen molar-refractivity contribution in [2.75, 3.05) is 19.0 Å². The van der Waals surface area contributed by atoms with Crippen molar-refractivity contribution in [2.24, 2.45) is 0 Å². The Kier molecular flexibility index (Phi) is 5.18. The number of fused-ring (bicyclic) bond motifs is 1. The molecule has 0 radical (unpaired) electrons. The average molecular weight is 339 g/mol. The average Bonchev–Trinajstić information content (AvgIpc) is 2.96. The maximum Gasteiger partial charge on any atom is 0.315 e. The second-order valence-corrected chi connectivity index (χ2v) is 5.88. The van der Waals surface area contributed by atoms with Crippen molar-refractivity contribution in [3.63, 3.8) is 0 Å². The van der Waals surface area contributed by atoms with Crippen molar-refractivity contribution in [2.45, 2.75) is 18.9 Å². The first-order valence-electron chi connectivity index (χ1n) is 8.22. The number of carbonyl (C=O) groups is 2. The van der Waals surface area contributed by atoms with Gasteiger partial charge in [-0.2, -0.15) is 0 Å². The number of ether oxygens (including phenoxy) is 1. The zero-order chi connectivity index (χ0) is 17.6. The van der Waals surface area contributed by atoms with Gasteiger partial charge in [-0.05, 0) is 35.7 Å². The van der Waals surface area contributed by atoms with Crippen LogP contribution < -0.4 is 20.7 Å². The standard InChI is InChI=1S/C19H21N3O3/c1-25-14-8-6-13(7-9-14)12-21-19(24)20-11-10-16-15-4-2-3-5-17(15)22-18(16)23/h2-9,16H,10-12H2,1H3,(H,22,23)(H2,20,21,24)/t16-/m0/s1. The first-order chi connectivity index (χ1) is 12.2. The molecule has 0 aromatic heterocycles. The van der Waals surface area contributed by atoms with Crippen LogP contribution in [0.15, 0.2) is 48.5 Å². The van der Waals surface area contributed by atoms with Crippen molar-refractivity contribution < 1.29 is 14.3 Å². The van der Waals surface area contributed by atoms with Gasteiger partial charge in [0.05, 0.1) is 13.0 Å². The number of methoxy groups -OCH3 is 1. The number of urea groups is 1. The van der Waals surface area contributed by atoms with Crippen LogP contribution in [0.5, 0.6) is 5.75 Å². The van der Waals surface area contributed by atoms with Gasteiger partial charge in [-0.25, -0.2) is 4.79 Å². The Morgan fingerprint density at radius 1 is 1.12 bits per heavy atom. The van der Waals surface area contributed by atoms with E-state index in [4.69, 9.17) is 4.74 Å². The Morgan fingerprint density at radius 3 is 2.64 bits per heavy atom. The van der Waals surface area contributed by atoms with Gasteiger partial charge in [0.15, 0.2) is 0 Å². The SMILES string of the molecule is COc1ccc(CNC(=O)NCC[C@@H]2C(=O)Nc3ccccc32)cc1. The zero-order valence-corrected chi connectivity index (χ0v) is 14.0. The Balaban J connectivity index is 1.43. The van der Waals surface area contributed by atoms with E-state index in [-0.39, 0.29) is 17.9 Å². The van der Waals surface area contributed by atoms with Gasteiger partial charge in [-0.3, -0.25) is 4.79 Å². The Bertz CT molecular complexity index is 759. The minimum Gasteiger partial charge on any atom is -0.497 e. The summed E-state index contributed by atoms with van der Waals surface area (Å²) < 4.78 is 5.10. The van der Waals surface area contributed by atoms with E-state index >= 15 is 0 Å². The number of nitrogens with one attached hydrogen (secondary N) is 3. The summed E-state index contributed by atoms with van der Waals surface area (Å²) in [6, 6.07) is 14.9. The molecule has 0 saturated carbocycles. The molecule has 2 aromatic rings. The van der Waals surface area contributed by atoms with E-state index in [1.165, 1.54) is 0 Å². The number of rotatable bonds is 6. The summed E-state index contributed by atoms with van der Waals surface area (Å²) in [5.41, 5.74) is 2.84. The minimum absolute atomic E-state index is 0.0124. The molecule has 0 fully saturated rings. The lowest BCUT2D eigenvalue weighted by atomic mass is 9.97. The maximum absolute atomic E-state index is 12.0. The lowest BCUT2D eigenvalue weighted by Gasteiger charge is -2.11. The van der Waals surface area contributed by atoms with Gasteiger partial charge >= 0.3 is 6.03 Å². The number of carbonyl (C=O) groups excluding carboxylic acids is 2. The van der Waals surface area contributed by atoms with Crippen LogP contribution >= 0.6 is 0 Å². The highest BCUT2D eigenvalue weighted by Crippen LogP contribution is 2.33. The van der Waals surface area contributed by atoms with Crippen molar-refractivity contribution in [1.82, 2.24) is 10.6 Å². The number of para-hydroxylation sites is 1. The largest absolute Gasteiger partial charge is 0.497 e. The Morgan fingerprint density at radius 2 is 1.88 bits per heavy atom. The van der Waals surface area contributed by atoms with Crippen LogP contribution in [-0.2, 0) is 11.3 Å². The number of hydrogen-bond donors (Lipinski definition) is 3. The summed E-state index contributed by atoms with van der Waals surface area (Å²) in [4.78, 5) is 23.9. The molecule has 0 aliphatic carbocycles. The summed E-state index contributed by atoms with van der Waals surface area (Å²) in [5, 5.41) is 8.46. The molecule has 1 atom stereocenters. The van der Waals surface area contributed by atoms with Crippen LogP contribution in [0.4, 0.5) is 10.5 Å². The van der Waals surface area contributed by atoms with Crippen molar-refractivity contribution in [3.05, 3.63) is 59.7 Å². The Hall–Kier alpha value is -3.02. The molecule has 0 unspecified atom stereocenters. The molecular weight excluding hydrogens is 318 g/mol. The van der Waals surface area contributed by atoms with E-state index < -0.39 is 0 Å². The maximum atomic E-state index is 12.0. The summed E-state index contributed by atoms with van der Waals surface area (Å²) >= 11 is 0. The summed E-state index contributed by atoms with van der Waals surface area (Å²) in [6.45, 7) is 0.865. The smallest absolute Gasteiger partial charge is 0.315 e. The predicted molar refractivity (Wildman–Crippen MR) is 95.7 cm³/mol. The lowest BCUT2D eigenvalue weighted by Crippen LogP contribution is -2.36. The van der Waals surface area contributed by atoms with E-state index in [0.717, 1.165) is 22.6 Å². The van der Waals surface area contributed by atoms with Crippen LogP contribution in [0.1, 0.15) is 23.5 Å². The summed E-state index contributed by atoms with van der Waals surface area (Å²) in [7, 11) is 1.61. The molecule has 0 saturated heterocycles. The van der Waals surface area contributed by atoms with Gasteiger partial charge in [0.2, 0.25) is 5.91 Å². The topological polar surface area (TPSA) is 79.5 Å². The van der Waals surface area contributed by atoms with Crippen LogP contribution in [0.2, 0.25) is 0 Å². The number of benzene rings is 2. The van der Waals surface area contributed by atoms with E-state index in [2.05, 4.69) is 16.0 Å². The molecule has 130 valence electrons. The van der Waals surface area contributed by atoms with Crippen LogP contribution in [0.3, 0.4) is 0 Å². The fourth-order valence-electron chi connectivity index (χ4n) is 2.88. The van der Waals surface area contributed by atoms with Gasteiger partial charge in [0.25, 0.3) is 0 Å². The van der Waals surface area contributed by atoms with Gasteiger partial charge in [0.1, 0.15) is 5.75 Å². The molecule has 25 heavy (non-hydrogen) atoms. The monoisotopic (exact) mass is 339 g/mol. The predicted octanol–water partition coefficient (Wildman–Crippen LogP) is 2.62. The van der Waals surface area contributed by atoms with E-state index in [0.29, 0.717) is 19.5 Å². The van der Waals surface area contributed by atoms with Gasteiger partial charge in [-0.1, -0.05) is 30.3 Å². The molecule has 6 heteroatoms. The summed E-state index contributed by atoms with van der Waals surface area (Å²) in [5.74, 6) is 0.558. The molecule has 1 aliphatic rings. The van der Waals surface area contributed by atoms with Crippen molar-refractivity contribution in [3.8, 4) is 5.75 Å². The highest BCUT2D eigenvalue weighted by atomic mass is 16.5. The molecule has 6 nitrogen and oxygen atoms in total. The molecule has 0 spiro atoms. The molecule has 0 bridgehead atoms. The highest BCUT2D eigenvalue weighted by molar-refractivity contribution is 6.02. The molecule has 3 amide bonds. The number of anilines is 1. The molecular formula is C19H21N3O3. The van der Waals surface area contributed by atoms with E-state index in [1.807, 2.05) is 48.5 Å². The van der Waals surface area contributed by atoms with Crippen molar-refractivity contribution in [1.29, 1.82) is 0 Å². The normalized spacial score (nSPS) is 15.2. The second-order valence-electron chi connectivity index (χ2n) is 5.88. The quantitative estimate of drug-likeness (QED) is 0.757. The molecule has 3 N–H and O–H groups in total. The Labute approximate surface area is 146 Å². The molecule has 1 aliphatic heterocycles. The van der Waals surface area contributed by atoms with E-state index in [9.17, 15) is 9.59 Å². The first kappa shape index (κ1) is 16.8. The molecule has 1 heterocycles. The fourth-order valence-corrected chi connectivity index (χ4v) is 2.88. The molecule has 2 aromatic carbocycles. The number of amides is 3. The third-order valence-corrected chi connectivity index (χ3v) is 4.24. The minimum atomic E-state index is -0.248. The van der Waals surface area contributed by atoms with Gasteiger partial charge in [0, 0.05) is 18.8 Å². The van der Waals surface area contributed by atoms with Crippen molar-refractivity contribution >= 4 is 17.6 Å². The fraction of sp³-hybridized carbons (Fsp3) is 0.263. The lowest BCUT2D eigenvalue weighted by molar-refractivity contribution is -0.117. The molecule has 3 rings (SSSR count). The van der Waals surface area contributed by atoms with Gasteiger partial charge in [-0.15, -0.1) is 0 Å². The van der Waals surface area contributed by atoms with Crippen LogP contribution in [-0.4, -0.2) is 25.6 Å².